The number of nitrogens with zero attached hydrogens (tertiary/aromatic N) is 3. The lowest BCUT2D eigenvalue weighted by molar-refractivity contribution is 0.626. The number of halogens is 2. The molecule has 0 aliphatic carbocycles. The summed E-state index contributed by atoms with van der Waals surface area (Å²) in [4.78, 5) is 2.32. The van der Waals surface area contributed by atoms with Crippen molar-refractivity contribution in [2.45, 2.75) is 45.2 Å². The predicted octanol–water partition coefficient (Wildman–Crippen LogP) is 3.55. The first-order valence-electron chi connectivity index (χ1n) is 5.60. The third-order valence-corrected chi connectivity index (χ3v) is 3.69. The van der Waals surface area contributed by atoms with Crippen LogP contribution in [0, 0.1) is 0 Å². The van der Waals surface area contributed by atoms with E-state index in [-0.39, 0.29) is 0 Å². The van der Waals surface area contributed by atoms with Gasteiger partial charge in [-0.2, -0.15) is 0 Å². The maximum atomic E-state index is 6.09. The van der Waals surface area contributed by atoms with Crippen LogP contribution in [0.3, 0.4) is 0 Å². The van der Waals surface area contributed by atoms with E-state index in [4.69, 9.17) is 23.2 Å². The smallest absolute Gasteiger partial charge is 0.175 e. The molecule has 1 aromatic heterocycles. The third kappa shape index (κ3) is 2.11. The molecule has 2 rings (SSSR count). The van der Waals surface area contributed by atoms with Crippen molar-refractivity contribution in [1.29, 1.82) is 0 Å². The van der Waals surface area contributed by atoms with E-state index in [1.807, 2.05) is 0 Å². The van der Waals surface area contributed by atoms with Gasteiger partial charge in [0.2, 0.25) is 0 Å². The molecule has 0 radical (unpaired) electrons. The molecule has 88 valence electrons. The second-order valence-electron chi connectivity index (χ2n) is 4.24. The summed E-state index contributed by atoms with van der Waals surface area (Å²) in [6.45, 7) is 4.40. The van der Waals surface area contributed by atoms with Crippen molar-refractivity contribution in [3.05, 3.63) is 16.4 Å². The predicted molar refractivity (Wildman–Crippen MR) is 67.3 cm³/mol. The lowest BCUT2D eigenvalue weighted by Crippen LogP contribution is -2.34. The van der Waals surface area contributed by atoms with E-state index in [0.29, 0.717) is 22.4 Å². The van der Waals surface area contributed by atoms with Gasteiger partial charge in [0.25, 0.3) is 0 Å². The largest absolute Gasteiger partial charge is 0.363 e. The minimum Gasteiger partial charge on any atom is -0.363 e. The highest BCUT2D eigenvalue weighted by Gasteiger charge is 2.31. The molecule has 1 saturated heterocycles. The summed E-state index contributed by atoms with van der Waals surface area (Å²) in [6.07, 6.45) is 3.50. The fraction of sp³-hybridized carbons (Fsp3) is 0.636. The molecular weight excluding hydrogens is 245 g/mol. The first-order valence-corrected chi connectivity index (χ1v) is 6.36. The molecule has 2 unspecified atom stereocenters. The molecule has 3 nitrogen and oxygen atoms in total. The van der Waals surface area contributed by atoms with E-state index in [1.165, 1.54) is 12.8 Å². The van der Waals surface area contributed by atoms with Crippen LogP contribution in [0.25, 0.3) is 0 Å². The maximum absolute atomic E-state index is 6.09. The second kappa shape index (κ2) is 4.76. The van der Waals surface area contributed by atoms with Crippen LogP contribution in [0.4, 0.5) is 5.69 Å². The van der Waals surface area contributed by atoms with Gasteiger partial charge < -0.3 is 4.90 Å². The third-order valence-electron chi connectivity index (χ3n) is 3.24. The van der Waals surface area contributed by atoms with E-state index in [9.17, 15) is 0 Å². The summed E-state index contributed by atoms with van der Waals surface area (Å²) in [6, 6.07) is 2.83. The van der Waals surface area contributed by atoms with Crippen molar-refractivity contribution >= 4 is 28.9 Å². The van der Waals surface area contributed by atoms with Crippen molar-refractivity contribution in [3.63, 3.8) is 0 Å². The fourth-order valence-electron chi connectivity index (χ4n) is 2.43. The first kappa shape index (κ1) is 11.9. The lowest BCUT2D eigenvalue weighted by atomic mass is 10.1. The highest BCUT2D eigenvalue weighted by atomic mass is 35.5. The normalized spacial score (nSPS) is 25.1. The molecule has 5 heteroatoms. The summed E-state index contributed by atoms with van der Waals surface area (Å²) in [5.74, 6) is 0. The Morgan fingerprint density at radius 1 is 1.38 bits per heavy atom. The molecule has 1 fully saturated rings. The molecule has 0 saturated carbocycles. The van der Waals surface area contributed by atoms with E-state index in [0.717, 1.165) is 12.1 Å². The summed E-state index contributed by atoms with van der Waals surface area (Å²) in [7, 11) is 0. The minimum absolute atomic E-state index is 0.397. The molecule has 0 spiro atoms. The molecule has 0 amide bonds. The SMILES string of the molecule is CCC1CCC(C)N1c1cc(Cl)nnc1Cl. The zero-order valence-electron chi connectivity index (χ0n) is 9.45. The van der Waals surface area contributed by atoms with Crippen molar-refractivity contribution < 1.29 is 0 Å². The van der Waals surface area contributed by atoms with Crippen LogP contribution in [-0.4, -0.2) is 22.3 Å². The van der Waals surface area contributed by atoms with Gasteiger partial charge in [-0.25, -0.2) is 0 Å². The van der Waals surface area contributed by atoms with Gasteiger partial charge in [-0.15, -0.1) is 10.2 Å². The van der Waals surface area contributed by atoms with E-state index >= 15 is 0 Å². The average Bonchev–Trinajstić information content (AvgIpc) is 2.63. The van der Waals surface area contributed by atoms with E-state index in [1.54, 1.807) is 6.07 Å². The zero-order valence-corrected chi connectivity index (χ0v) is 11.0. The molecule has 2 atom stereocenters. The number of aromatic nitrogens is 2. The number of hydrogen-bond donors (Lipinski definition) is 0. The van der Waals surface area contributed by atoms with Gasteiger partial charge in [-0.3, -0.25) is 0 Å². The van der Waals surface area contributed by atoms with Crippen LogP contribution in [0.15, 0.2) is 6.07 Å². The van der Waals surface area contributed by atoms with E-state index < -0.39 is 0 Å². The van der Waals surface area contributed by atoms with Crippen LogP contribution in [0.5, 0.6) is 0 Å². The van der Waals surface area contributed by atoms with Gasteiger partial charge in [0.1, 0.15) is 0 Å². The molecule has 1 aliphatic heterocycles. The van der Waals surface area contributed by atoms with Gasteiger partial charge >= 0.3 is 0 Å². The standard InChI is InChI=1S/C11H15Cl2N3/c1-3-8-5-4-7(2)16(8)9-6-10(12)14-15-11(9)13/h6-8H,3-5H2,1-2H3. The van der Waals surface area contributed by atoms with Crippen LogP contribution < -0.4 is 4.90 Å². The molecule has 0 bridgehead atoms. The minimum atomic E-state index is 0.397. The van der Waals surface area contributed by atoms with Crippen molar-refractivity contribution in [3.8, 4) is 0 Å². The first-order chi connectivity index (χ1) is 7.63. The Morgan fingerprint density at radius 2 is 2.12 bits per heavy atom. The van der Waals surface area contributed by atoms with Crippen LogP contribution in [-0.2, 0) is 0 Å². The topological polar surface area (TPSA) is 29.0 Å². The highest BCUT2D eigenvalue weighted by Crippen LogP contribution is 2.35. The molecule has 16 heavy (non-hydrogen) atoms. The second-order valence-corrected chi connectivity index (χ2v) is 4.98. The fourth-order valence-corrected chi connectivity index (χ4v) is 2.76. The van der Waals surface area contributed by atoms with E-state index in [2.05, 4.69) is 28.9 Å². The quantitative estimate of drug-likeness (QED) is 0.814. The molecule has 1 aromatic rings. The van der Waals surface area contributed by atoms with Gasteiger partial charge in [0.05, 0.1) is 5.69 Å². The van der Waals surface area contributed by atoms with Gasteiger partial charge in [0.15, 0.2) is 10.3 Å². The molecule has 0 aromatic carbocycles. The van der Waals surface area contributed by atoms with Crippen LogP contribution in [0.2, 0.25) is 10.3 Å². The number of rotatable bonds is 2. The van der Waals surface area contributed by atoms with Crippen LogP contribution in [0.1, 0.15) is 33.1 Å². The monoisotopic (exact) mass is 259 g/mol. The Bertz CT molecular complexity index is 383. The van der Waals surface area contributed by atoms with Gasteiger partial charge in [-0.05, 0) is 26.2 Å². The summed E-state index contributed by atoms with van der Waals surface area (Å²) in [5.41, 5.74) is 0.915. The van der Waals surface area contributed by atoms with Crippen molar-refractivity contribution in [2.75, 3.05) is 4.90 Å². The van der Waals surface area contributed by atoms with Crippen molar-refractivity contribution in [1.82, 2.24) is 10.2 Å². The average molecular weight is 260 g/mol. The molecule has 1 aliphatic rings. The maximum Gasteiger partial charge on any atom is 0.175 e. The Labute approximate surface area is 106 Å². The van der Waals surface area contributed by atoms with Crippen LogP contribution >= 0.6 is 23.2 Å². The lowest BCUT2D eigenvalue weighted by Gasteiger charge is -2.30. The zero-order chi connectivity index (χ0) is 11.7. The number of anilines is 1. The summed E-state index contributed by atoms with van der Waals surface area (Å²) < 4.78 is 0. The van der Waals surface area contributed by atoms with Gasteiger partial charge in [0, 0.05) is 18.2 Å². The van der Waals surface area contributed by atoms with Crippen molar-refractivity contribution in [2.24, 2.45) is 0 Å². The Hall–Kier alpha value is -0.540. The molecule has 2 heterocycles. The highest BCUT2D eigenvalue weighted by molar-refractivity contribution is 6.33. The Morgan fingerprint density at radius 3 is 2.81 bits per heavy atom. The summed E-state index contributed by atoms with van der Waals surface area (Å²) >= 11 is 12.0. The molecular formula is C11H15Cl2N3. The van der Waals surface area contributed by atoms with Gasteiger partial charge in [-0.1, -0.05) is 30.1 Å². The Kier molecular flexibility index (Phi) is 3.55. The Balaban J connectivity index is 2.37. The summed E-state index contributed by atoms with van der Waals surface area (Å²) in [5, 5.41) is 8.45. The molecule has 0 N–H and O–H groups in total. The number of hydrogen-bond acceptors (Lipinski definition) is 3.